The lowest BCUT2D eigenvalue weighted by atomic mass is 10.1. The lowest BCUT2D eigenvalue weighted by Crippen LogP contribution is -2.11. The maximum absolute atomic E-state index is 4.46. The van der Waals surface area contributed by atoms with E-state index in [9.17, 15) is 0 Å². The van der Waals surface area contributed by atoms with Gasteiger partial charge in [-0.05, 0) is 25.5 Å². The molecule has 94 valence electrons. The van der Waals surface area contributed by atoms with Crippen LogP contribution in [0.25, 0.3) is 0 Å². The molecule has 0 bridgehead atoms. The summed E-state index contributed by atoms with van der Waals surface area (Å²) in [4.78, 5) is 1.40. The molecule has 1 aromatic carbocycles. The van der Waals surface area contributed by atoms with Crippen LogP contribution in [0.5, 0.6) is 0 Å². The normalized spacial score (nSPS) is 17.8. The molecule has 3 nitrogen and oxygen atoms in total. The quantitative estimate of drug-likeness (QED) is 0.897. The van der Waals surface area contributed by atoms with E-state index in [2.05, 4.69) is 48.5 Å². The first-order valence-corrected chi connectivity index (χ1v) is 7.14. The number of hydrogen-bond donors (Lipinski definition) is 1. The number of rotatable bonds is 2. The van der Waals surface area contributed by atoms with Crippen LogP contribution in [0.4, 0.5) is 5.69 Å². The van der Waals surface area contributed by atoms with Gasteiger partial charge in [0.15, 0.2) is 0 Å². The van der Waals surface area contributed by atoms with Crippen molar-refractivity contribution in [3.05, 3.63) is 41.2 Å². The minimum absolute atomic E-state index is 0.396. The van der Waals surface area contributed by atoms with E-state index < -0.39 is 0 Å². The SMILES string of the molecule is Cc1nn(C)c(C)c1NC1CSc2ccccc21. The minimum atomic E-state index is 0.396. The van der Waals surface area contributed by atoms with E-state index >= 15 is 0 Å². The minimum Gasteiger partial charge on any atom is -0.374 e. The second kappa shape index (κ2) is 4.35. The highest BCUT2D eigenvalue weighted by Crippen LogP contribution is 2.40. The van der Waals surface area contributed by atoms with Crippen molar-refractivity contribution < 1.29 is 0 Å². The van der Waals surface area contributed by atoms with Gasteiger partial charge in [0, 0.05) is 17.7 Å². The standard InChI is InChI=1S/C14H17N3S/c1-9-14(10(2)17(3)16-9)15-12-8-18-13-7-5-4-6-11(12)13/h4-7,12,15H,8H2,1-3H3. The molecule has 18 heavy (non-hydrogen) atoms. The van der Waals surface area contributed by atoms with E-state index in [1.165, 1.54) is 21.8 Å². The summed E-state index contributed by atoms with van der Waals surface area (Å²) >= 11 is 1.92. The van der Waals surface area contributed by atoms with Gasteiger partial charge in [0.1, 0.15) is 0 Å². The number of thioether (sulfide) groups is 1. The van der Waals surface area contributed by atoms with Gasteiger partial charge in [0.25, 0.3) is 0 Å². The van der Waals surface area contributed by atoms with Crippen molar-refractivity contribution in [3.8, 4) is 0 Å². The first kappa shape index (κ1) is 11.7. The van der Waals surface area contributed by atoms with E-state index in [-0.39, 0.29) is 0 Å². The smallest absolute Gasteiger partial charge is 0.0828 e. The molecular formula is C14H17N3S. The average molecular weight is 259 g/mol. The lowest BCUT2D eigenvalue weighted by Gasteiger charge is -2.15. The number of aryl methyl sites for hydroxylation is 2. The molecule has 1 N–H and O–H groups in total. The van der Waals surface area contributed by atoms with Crippen molar-refractivity contribution in [1.82, 2.24) is 9.78 Å². The molecule has 0 radical (unpaired) electrons. The molecule has 0 aliphatic carbocycles. The average Bonchev–Trinajstić information content (AvgIpc) is 2.87. The molecule has 2 aromatic rings. The van der Waals surface area contributed by atoms with Crippen LogP contribution in [-0.4, -0.2) is 15.5 Å². The predicted molar refractivity (Wildman–Crippen MR) is 76.2 cm³/mol. The van der Waals surface area contributed by atoms with E-state index in [1.807, 2.05) is 23.5 Å². The van der Waals surface area contributed by atoms with Gasteiger partial charge in [0.05, 0.1) is 23.1 Å². The summed E-state index contributed by atoms with van der Waals surface area (Å²) in [6, 6.07) is 9.03. The first-order valence-electron chi connectivity index (χ1n) is 6.15. The van der Waals surface area contributed by atoms with Crippen molar-refractivity contribution in [1.29, 1.82) is 0 Å². The van der Waals surface area contributed by atoms with Crippen molar-refractivity contribution in [2.75, 3.05) is 11.1 Å². The Morgan fingerprint density at radius 3 is 2.83 bits per heavy atom. The third-order valence-electron chi connectivity index (χ3n) is 3.53. The molecular weight excluding hydrogens is 242 g/mol. The molecule has 1 atom stereocenters. The van der Waals surface area contributed by atoms with Crippen LogP contribution in [0.3, 0.4) is 0 Å². The Kier molecular flexibility index (Phi) is 2.82. The van der Waals surface area contributed by atoms with Crippen molar-refractivity contribution in [2.45, 2.75) is 24.8 Å². The summed E-state index contributed by atoms with van der Waals surface area (Å²) < 4.78 is 1.94. The topological polar surface area (TPSA) is 29.9 Å². The molecule has 1 aliphatic heterocycles. The molecule has 0 saturated carbocycles. The Hall–Kier alpha value is -1.42. The van der Waals surface area contributed by atoms with Crippen LogP contribution < -0.4 is 5.32 Å². The summed E-state index contributed by atoms with van der Waals surface area (Å²) in [7, 11) is 1.99. The number of nitrogens with one attached hydrogen (secondary N) is 1. The predicted octanol–water partition coefficient (Wildman–Crippen LogP) is 3.30. The lowest BCUT2D eigenvalue weighted by molar-refractivity contribution is 0.731. The van der Waals surface area contributed by atoms with Gasteiger partial charge in [-0.15, -0.1) is 11.8 Å². The molecule has 2 heterocycles. The number of hydrogen-bond acceptors (Lipinski definition) is 3. The number of nitrogens with zero attached hydrogens (tertiary/aromatic N) is 2. The largest absolute Gasteiger partial charge is 0.374 e. The third-order valence-corrected chi connectivity index (χ3v) is 4.71. The summed E-state index contributed by atoms with van der Waals surface area (Å²) in [5.41, 5.74) is 4.86. The first-order chi connectivity index (χ1) is 8.66. The molecule has 0 fully saturated rings. The molecule has 3 rings (SSSR count). The van der Waals surface area contributed by atoms with E-state index in [0.717, 1.165) is 11.4 Å². The number of aromatic nitrogens is 2. The molecule has 0 saturated heterocycles. The molecule has 0 spiro atoms. The summed E-state index contributed by atoms with van der Waals surface area (Å²) in [5.74, 6) is 1.09. The molecule has 4 heteroatoms. The Labute approximate surface area is 112 Å². The zero-order chi connectivity index (χ0) is 12.7. The monoisotopic (exact) mass is 259 g/mol. The van der Waals surface area contributed by atoms with Crippen LogP contribution in [0.15, 0.2) is 29.2 Å². The maximum Gasteiger partial charge on any atom is 0.0828 e. The Bertz CT molecular complexity index is 589. The fourth-order valence-corrected chi connectivity index (χ4v) is 3.60. The summed E-state index contributed by atoms with van der Waals surface area (Å²) in [5, 5.41) is 8.11. The summed E-state index contributed by atoms with van der Waals surface area (Å²) in [6.45, 7) is 4.17. The zero-order valence-electron chi connectivity index (χ0n) is 10.9. The fourth-order valence-electron chi connectivity index (χ4n) is 2.44. The highest BCUT2D eigenvalue weighted by atomic mass is 32.2. The highest BCUT2D eigenvalue weighted by Gasteiger charge is 2.24. The fraction of sp³-hybridized carbons (Fsp3) is 0.357. The Balaban J connectivity index is 1.91. The van der Waals surface area contributed by atoms with E-state index in [4.69, 9.17) is 0 Å². The van der Waals surface area contributed by atoms with Crippen molar-refractivity contribution in [3.63, 3.8) is 0 Å². The van der Waals surface area contributed by atoms with E-state index in [0.29, 0.717) is 6.04 Å². The van der Waals surface area contributed by atoms with Crippen LogP contribution in [0, 0.1) is 13.8 Å². The van der Waals surface area contributed by atoms with Crippen LogP contribution in [0.1, 0.15) is 23.0 Å². The zero-order valence-corrected chi connectivity index (χ0v) is 11.7. The van der Waals surface area contributed by atoms with Gasteiger partial charge in [-0.2, -0.15) is 5.10 Å². The number of anilines is 1. The van der Waals surface area contributed by atoms with Crippen molar-refractivity contribution >= 4 is 17.4 Å². The summed E-state index contributed by atoms with van der Waals surface area (Å²) in [6.07, 6.45) is 0. The van der Waals surface area contributed by atoms with Gasteiger partial charge < -0.3 is 5.32 Å². The maximum atomic E-state index is 4.46. The van der Waals surface area contributed by atoms with Crippen LogP contribution in [-0.2, 0) is 7.05 Å². The second-order valence-electron chi connectivity index (χ2n) is 4.72. The van der Waals surface area contributed by atoms with Gasteiger partial charge >= 0.3 is 0 Å². The van der Waals surface area contributed by atoms with Crippen LogP contribution >= 0.6 is 11.8 Å². The second-order valence-corrected chi connectivity index (χ2v) is 5.78. The Morgan fingerprint density at radius 1 is 1.33 bits per heavy atom. The number of fused-ring (bicyclic) bond motifs is 1. The van der Waals surface area contributed by atoms with Crippen molar-refractivity contribution in [2.24, 2.45) is 7.05 Å². The van der Waals surface area contributed by atoms with E-state index in [1.54, 1.807) is 0 Å². The van der Waals surface area contributed by atoms with Gasteiger partial charge in [-0.1, -0.05) is 18.2 Å². The van der Waals surface area contributed by atoms with Gasteiger partial charge in [-0.25, -0.2) is 0 Å². The molecule has 1 aromatic heterocycles. The molecule has 1 aliphatic rings. The Morgan fingerprint density at radius 2 is 2.11 bits per heavy atom. The highest BCUT2D eigenvalue weighted by molar-refractivity contribution is 7.99. The third kappa shape index (κ3) is 1.81. The molecule has 1 unspecified atom stereocenters. The van der Waals surface area contributed by atoms with Gasteiger partial charge in [-0.3, -0.25) is 4.68 Å². The molecule has 0 amide bonds. The number of benzene rings is 1. The van der Waals surface area contributed by atoms with Gasteiger partial charge in [0.2, 0.25) is 0 Å². The van der Waals surface area contributed by atoms with Crippen LogP contribution in [0.2, 0.25) is 0 Å².